The molecular weight excluding hydrogens is 240 g/mol. The zero-order valence-corrected chi connectivity index (χ0v) is 11.5. The number of urea groups is 1. The van der Waals surface area contributed by atoms with Crippen molar-refractivity contribution in [2.75, 3.05) is 11.4 Å². The van der Waals surface area contributed by atoms with Crippen molar-refractivity contribution in [3.8, 4) is 0 Å². The summed E-state index contributed by atoms with van der Waals surface area (Å²) in [6.07, 6.45) is 3.42. The molecule has 4 nitrogen and oxygen atoms in total. The molecule has 1 saturated heterocycles. The van der Waals surface area contributed by atoms with Crippen molar-refractivity contribution in [1.82, 2.24) is 5.32 Å². The van der Waals surface area contributed by atoms with Gasteiger partial charge in [0.15, 0.2) is 0 Å². The summed E-state index contributed by atoms with van der Waals surface area (Å²) in [5.74, 6) is -0.363. The van der Waals surface area contributed by atoms with E-state index < -0.39 is 0 Å². The Hall–Kier alpha value is -1.84. The molecule has 19 heavy (non-hydrogen) atoms. The highest BCUT2D eigenvalue weighted by atomic mass is 16.2. The SMILES string of the molecule is CCCCc1ccc(N2CC(C)C(=O)NC2=O)cc1. The van der Waals surface area contributed by atoms with E-state index in [-0.39, 0.29) is 17.9 Å². The zero-order chi connectivity index (χ0) is 13.8. The maximum atomic E-state index is 11.8. The summed E-state index contributed by atoms with van der Waals surface area (Å²) in [6.45, 7) is 4.44. The molecule has 0 radical (unpaired) electrons. The Morgan fingerprint density at radius 3 is 2.58 bits per heavy atom. The highest BCUT2D eigenvalue weighted by molar-refractivity contribution is 6.06. The predicted molar refractivity (Wildman–Crippen MR) is 75.1 cm³/mol. The number of amides is 3. The number of hydrogen-bond donors (Lipinski definition) is 1. The minimum atomic E-state index is -0.329. The molecule has 102 valence electrons. The quantitative estimate of drug-likeness (QED) is 0.905. The molecule has 1 N–H and O–H groups in total. The van der Waals surface area contributed by atoms with Gasteiger partial charge in [-0.3, -0.25) is 15.0 Å². The fourth-order valence-electron chi connectivity index (χ4n) is 2.18. The Morgan fingerprint density at radius 1 is 1.26 bits per heavy atom. The van der Waals surface area contributed by atoms with Crippen LogP contribution in [0.4, 0.5) is 10.5 Å². The first kappa shape index (κ1) is 13.6. The summed E-state index contributed by atoms with van der Waals surface area (Å²) in [4.78, 5) is 24.8. The van der Waals surface area contributed by atoms with E-state index in [1.54, 1.807) is 4.90 Å². The lowest BCUT2D eigenvalue weighted by Crippen LogP contribution is -2.53. The molecular formula is C15H20N2O2. The van der Waals surface area contributed by atoms with Crippen LogP contribution in [0.15, 0.2) is 24.3 Å². The van der Waals surface area contributed by atoms with Gasteiger partial charge in [0.05, 0.1) is 5.92 Å². The van der Waals surface area contributed by atoms with Gasteiger partial charge in [-0.05, 0) is 30.5 Å². The molecule has 3 amide bonds. The van der Waals surface area contributed by atoms with Crippen molar-refractivity contribution in [3.63, 3.8) is 0 Å². The van der Waals surface area contributed by atoms with Crippen LogP contribution < -0.4 is 10.2 Å². The van der Waals surface area contributed by atoms with Crippen LogP contribution in [-0.4, -0.2) is 18.5 Å². The third kappa shape index (κ3) is 3.13. The molecule has 1 unspecified atom stereocenters. The van der Waals surface area contributed by atoms with Crippen LogP contribution in [0.5, 0.6) is 0 Å². The van der Waals surface area contributed by atoms with Gasteiger partial charge in [0.25, 0.3) is 0 Å². The fraction of sp³-hybridized carbons (Fsp3) is 0.467. The van der Waals surface area contributed by atoms with Gasteiger partial charge in [-0.25, -0.2) is 4.79 Å². The van der Waals surface area contributed by atoms with E-state index >= 15 is 0 Å². The lowest BCUT2D eigenvalue weighted by molar-refractivity contribution is -0.123. The van der Waals surface area contributed by atoms with E-state index in [4.69, 9.17) is 0 Å². The lowest BCUT2D eigenvalue weighted by Gasteiger charge is -2.30. The van der Waals surface area contributed by atoms with E-state index in [0.717, 1.165) is 12.1 Å². The smallest absolute Gasteiger partial charge is 0.293 e. The van der Waals surface area contributed by atoms with Crippen molar-refractivity contribution in [2.45, 2.75) is 33.1 Å². The monoisotopic (exact) mass is 260 g/mol. The first-order valence-corrected chi connectivity index (χ1v) is 6.83. The Bertz CT molecular complexity index is 468. The van der Waals surface area contributed by atoms with Crippen LogP contribution in [-0.2, 0) is 11.2 Å². The number of imide groups is 1. The number of anilines is 1. The summed E-state index contributed by atoms with van der Waals surface area (Å²) in [5.41, 5.74) is 2.13. The number of benzene rings is 1. The van der Waals surface area contributed by atoms with Crippen LogP contribution in [0.2, 0.25) is 0 Å². The first-order chi connectivity index (χ1) is 9.11. The number of carbonyl (C=O) groups excluding carboxylic acids is 2. The van der Waals surface area contributed by atoms with Gasteiger partial charge in [0.2, 0.25) is 5.91 Å². The summed E-state index contributed by atoms with van der Waals surface area (Å²) < 4.78 is 0. The second kappa shape index (κ2) is 5.87. The summed E-state index contributed by atoms with van der Waals surface area (Å²) in [6, 6.07) is 7.68. The Labute approximate surface area is 113 Å². The molecule has 0 bridgehead atoms. The minimum absolute atomic E-state index is 0.169. The second-order valence-electron chi connectivity index (χ2n) is 5.08. The molecule has 0 aliphatic carbocycles. The van der Waals surface area contributed by atoms with Gasteiger partial charge in [-0.1, -0.05) is 32.4 Å². The Morgan fingerprint density at radius 2 is 1.95 bits per heavy atom. The fourth-order valence-corrected chi connectivity index (χ4v) is 2.18. The molecule has 1 fully saturated rings. The normalized spacial score (nSPS) is 19.5. The number of rotatable bonds is 4. The molecule has 0 saturated carbocycles. The van der Waals surface area contributed by atoms with E-state index in [1.807, 2.05) is 19.1 Å². The molecule has 0 aromatic heterocycles. The molecule has 2 rings (SSSR count). The largest absolute Gasteiger partial charge is 0.328 e. The number of nitrogens with zero attached hydrogens (tertiary/aromatic N) is 1. The van der Waals surface area contributed by atoms with E-state index in [1.165, 1.54) is 18.4 Å². The van der Waals surface area contributed by atoms with Crippen molar-refractivity contribution in [2.24, 2.45) is 5.92 Å². The minimum Gasteiger partial charge on any atom is -0.293 e. The molecule has 0 spiro atoms. The summed E-state index contributed by atoms with van der Waals surface area (Å²) in [5, 5.41) is 2.37. The van der Waals surface area contributed by atoms with E-state index in [2.05, 4.69) is 24.4 Å². The van der Waals surface area contributed by atoms with Crippen LogP contribution in [0.1, 0.15) is 32.3 Å². The second-order valence-corrected chi connectivity index (χ2v) is 5.08. The summed E-state index contributed by atoms with van der Waals surface area (Å²) in [7, 11) is 0. The molecule has 1 aliphatic rings. The van der Waals surface area contributed by atoms with Crippen molar-refractivity contribution >= 4 is 17.6 Å². The lowest BCUT2D eigenvalue weighted by atomic mass is 10.1. The molecule has 4 heteroatoms. The van der Waals surface area contributed by atoms with Gasteiger partial charge >= 0.3 is 6.03 Å². The van der Waals surface area contributed by atoms with Crippen LogP contribution in [0, 0.1) is 5.92 Å². The van der Waals surface area contributed by atoms with Crippen molar-refractivity contribution < 1.29 is 9.59 Å². The molecule has 1 atom stereocenters. The third-order valence-corrected chi connectivity index (χ3v) is 3.45. The standard InChI is InChI=1S/C15H20N2O2/c1-3-4-5-12-6-8-13(9-7-12)17-10-11(2)14(18)16-15(17)19/h6-9,11H,3-5,10H2,1-2H3,(H,16,18,19). The first-order valence-electron chi connectivity index (χ1n) is 6.83. The maximum absolute atomic E-state index is 11.8. The van der Waals surface area contributed by atoms with E-state index in [9.17, 15) is 9.59 Å². The molecule has 1 aromatic rings. The molecule has 1 heterocycles. The number of unbranched alkanes of at least 4 members (excludes halogenated alkanes) is 1. The van der Waals surface area contributed by atoms with Gasteiger partial charge in [-0.2, -0.15) is 0 Å². The molecule has 1 aromatic carbocycles. The van der Waals surface area contributed by atoms with Crippen molar-refractivity contribution in [3.05, 3.63) is 29.8 Å². The topological polar surface area (TPSA) is 49.4 Å². The average molecular weight is 260 g/mol. The van der Waals surface area contributed by atoms with Crippen LogP contribution in [0.3, 0.4) is 0 Å². The highest BCUT2D eigenvalue weighted by Crippen LogP contribution is 2.20. The number of carbonyl (C=O) groups is 2. The third-order valence-electron chi connectivity index (χ3n) is 3.45. The Balaban J connectivity index is 2.09. The van der Waals surface area contributed by atoms with Gasteiger partial charge in [-0.15, -0.1) is 0 Å². The van der Waals surface area contributed by atoms with Gasteiger partial charge in [0.1, 0.15) is 0 Å². The van der Waals surface area contributed by atoms with Crippen LogP contribution >= 0.6 is 0 Å². The predicted octanol–water partition coefficient (Wildman–Crippen LogP) is 2.72. The van der Waals surface area contributed by atoms with Gasteiger partial charge < -0.3 is 0 Å². The Kier molecular flexibility index (Phi) is 4.20. The maximum Gasteiger partial charge on any atom is 0.328 e. The molecule has 1 aliphatic heterocycles. The van der Waals surface area contributed by atoms with Crippen LogP contribution in [0.25, 0.3) is 0 Å². The highest BCUT2D eigenvalue weighted by Gasteiger charge is 2.29. The average Bonchev–Trinajstić information content (AvgIpc) is 2.41. The summed E-state index contributed by atoms with van der Waals surface area (Å²) >= 11 is 0. The zero-order valence-electron chi connectivity index (χ0n) is 11.5. The van der Waals surface area contributed by atoms with E-state index in [0.29, 0.717) is 6.54 Å². The number of nitrogens with one attached hydrogen (secondary N) is 1. The number of hydrogen-bond acceptors (Lipinski definition) is 2. The number of aryl methyl sites for hydroxylation is 1. The van der Waals surface area contributed by atoms with Crippen molar-refractivity contribution in [1.29, 1.82) is 0 Å². The van der Waals surface area contributed by atoms with Gasteiger partial charge in [0, 0.05) is 12.2 Å².